The van der Waals surface area contributed by atoms with Crippen LogP contribution in [0.4, 0.5) is 18.9 Å². The van der Waals surface area contributed by atoms with Crippen molar-refractivity contribution in [3.63, 3.8) is 0 Å². The van der Waals surface area contributed by atoms with Crippen molar-refractivity contribution in [2.24, 2.45) is 0 Å². The van der Waals surface area contributed by atoms with Gasteiger partial charge in [0.15, 0.2) is 5.65 Å². The summed E-state index contributed by atoms with van der Waals surface area (Å²) in [6.45, 7) is 3.31. The van der Waals surface area contributed by atoms with Crippen LogP contribution in [-0.2, 0) is 11.0 Å². The van der Waals surface area contributed by atoms with E-state index < -0.39 is 29.2 Å². The largest absolute Gasteiger partial charge is 0.416 e. The van der Waals surface area contributed by atoms with Gasteiger partial charge in [0, 0.05) is 17.1 Å². The second-order valence-electron chi connectivity index (χ2n) is 7.09. The molecule has 1 amide bonds. The van der Waals surface area contributed by atoms with Crippen LogP contribution in [0.25, 0.3) is 16.6 Å². The van der Waals surface area contributed by atoms with E-state index in [1.807, 2.05) is 0 Å². The number of aryl methyl sites for hydroxylation is 1. The van der Waals surface area contributed by atoms with E-state index in [0.29, 0.717) is 22.2 Å². The molecule has 10 heteroatoms. The van der Waals surface area contributed by atoms with E-state index in [1.165, 1.54) is 6.07 Å². The van der Waals surface area contributed by atoms with Crippen molar-refractivity contribution in [2.75, 3.05) is 5.32 Å². The Balaban J connectivity index is 1.81. The summed E-state index contributed by atoms with van der Waals surface area (Å²) in [6.07, 6.45) is -4.57. The summed E-state index contributed by atoms with van der Waals surface area (Å²) in [6, 6.07) is 10.3. The van der Waals surface area contributed by atoms with Gasteiger partial charge >= 0.3 is 6.18 Å². The molecule has 0 saturated heterocycles. The number of carbonyl (C=O) groups is 1. The zero-order valence-electron chi connectivity index (χ0n) is 16.4. The van der Waals surface area contributed by atoms with E-state index in [2.05, 4.69) is 10.3 Å². The van der Waals surface area contributed by atoms with Gasteiger partial charge in [-0.25, -0.2) is 4.52 Å². The molecule has 160 valence electrons. The first-order chi connectivity index (χ1) is 14.6. The number of alkyl halides is 3. The molecular weight excluding hydrogens is 433 g/mol. The molecule has 2 heterocycles. The number of hydrogen-bond acceptors (Lipinski definition) is 3. The summed E-state index contributed by atoms with van der Waals surface area (Å²) in [5, 5.41) is 3.13. The van der Waals surface area contributed by atoms with Gasteiger partial charge in [-0.05, 0) is 44.2 Å². The van der Waals surface area contributed by atoms with E-state index >= 15 is 0 Å². The average Bonchev–Trinajstić information content (AvgIpc) is 3.03. The summed E-state index contributed by atoms with van der Waals surface area (Å²) in [4.78, 5) is 29.0. The number of para-hydroxylation sites is 1. The van der Waals surface area contributed by atoms with Gasteiger partial charge in [-0.2, -0.15) is 18.2 Å². The lowest BCUT2D eigenvalue weighted by Gasteiger charge is -2.19. The van der Waals surface area contributed by atoms with Gasteiger partial charge in [0.05, 0.1) is 21.8 Å². The second-order valence-corrected chi connectivity index (χ2v) is 7.50. The first kappa shape index (κ1) is 20.9. The summed E-state index contributed by atoms with van der Waals surface area (Å²) in [7, 11) is 0. The smallest absolute Gasteiger partial charge is 0.323 e. The first-order valence-electron chi connectivity index (χ1n) is 9.25. The monoisotopic (exact) mass is 448 g/mol. The molecule has 1 unspecified atom stereocenters. The molecule has 0 aliphatic rings. The Kier molecular flexibility index (Phi) is 5.01. The van der Waals surface area contributed by atoms with Crippen molar-refractivity contribution < 1.29 is 18.0 Å². The number of aromatic nitrogens is 3. The second kappa shape index (κ2) is 7.42. The van der Waals surface area contributed by atoms with Crippen LogP contribution in [-0.4, -0.2) is 20.1 Å². The summed E-state index contributed by atoms with van der Waals surface area (Å²) >= 11 is 6.01. The number of fused-ring (bicyclic) bond motifs is 3. The Labute approximate surface area is 178 Å². The highest BCUT2D eigenvalue weighted by molar-refractivity contribution is 6.33. The fraction of sp³-hybridized carbons (Fsp3) is 0.190. The Hall–Kier alpha value is -3.33. The molecule has 6 nitrogen and oxygen atoms in total. The fourth-order valence-corrected chi connectivity index (χ4v) is 3.70. The molecule has 0 spiro atoms. The summed E-state index contributed by atoms with van der Waals surface area (Å²) in [5.74, 6) is -0.582. The highest BCUT2D eigenvalue weighted by Gasteiger charge is 2.31. The first-order valence-corrected chi connectivity index (χ1v) is 9.63. The molecule has 0 aliphatic carbocycles. The maximum Gasteiger partial charge on any atom is 0.416 e. The molecule has 4 rings (SSSR count). The Morgan fingerprint density at radius 3 is 2.58 bits per heavy atom. The van der Waals surface area contributed by atoms with Crippen LogP contribution in [0.5, 0.6) is 0 Å². The number of anilines is 1. The topological polar surface area (TPSA) is 68.4 Å². The predicted molar refractivity (Wildman–Crippen MR) is 111 cm³/mol. The van der Waals surface area contributed by atoms with Gasteiger partial charge in [-0.1, -0.05) is 23.7 Å². The molecule has 0 saturated carbocycles. The number of nitrogens with zero attached hydrogens (tertiary/aromatic N) is 3. The van der Waals surface area contributed by atoms with Crippen molar-refractivity contribution in [1.82, 2.24) is 14.2 Å². The Bertz CT molecular complexity index is 1390. The highest BCUT2D eigenvalue weighted by Crippen LogP contribution is 2.34. The number of carbonyl (C=O) groups excluding carboxylic acids is 1. The molecule has 0 radical (unpaired) electrons. The normalized spacial score (nSPS) is 13.0. The van der Waals surface area contributed by atoms with Crippen molar-refractivity contribution in [3.05, 3.63) is 75.2 Å². The third-order valence-corrected chi connectivity index (χ3v) is 5.32. The highest BCUT2D eigenvalue weighted by atomic mass is 35.5. The lowest BCUT2D eigenvalue weighted by atomic mass is 10.2. The molecular formula is C21H16ClF3N4O2. The minimum atomic E-state index is -4.57. The van der Waals surface area contributed by atoms with Crippen LogP contribution in [0, 0.1) is 6.92 Å². The van der Waals surface area contributed by atoms with Crippen molar-refractivity contribution in [3.8, 4) is 0 Å². The molecule has 1 N–H and O–H groups in total. The zero-order chi connectivity index (χ0) is 22.5. The molecule has 31 heavy (non-hydrogen) atoms. The standard InChI is InChI=1S/C21H16ClF3N4O2/c1-11-9-18(30)27-19-14-5-3-4-6-17(14)29(28(11)19)12(2)20(31)26-16-10-13(21(23,24)25)7-8-15(16)22/h3-10,12H,1-2H3,(H,26,31). The van der Waals surface area contributed by atoms with Crippen LogP contribution in [0.15, 0.2) is 53.3 Å². The zero-order valence-corrected chi connectivity index (χ0v) is 17.1. The molecule has 4 aromatic rings. The van der Waals surface area contributed by atoms with Crippen LogP contribution in [0.3, 0.4) is 0 Å². The van der Waals surface area contributed by atoms with Crippen LogP contribution in [0.2, 0.25) is 5.02 Å². The third kappa shape index (κ3) is 3.65. The number of nitrogens with one attached hydrogen (secondary N) is 1. The molecule has 0 fully saturated rings. The van der Waals surface area contributed by atoms with E-state index in [-0.39, 0.29) is 10.7 Å². The summed E-state index contributed by atoms with van der Waals surface area (Å²) in [5.41, 5.74) is 0.111. The van der Waals surface area contributed by atoms with Crippen molar-refractivity contribution in [1.29, 1.82) is 0 Å². The SMILES string of the molecule is Cc1cc(=O)nc2c3ccccc3n(C(C)C(=O)Nc3cc(C(F)(F)F)ccc3Cl)n12. The number of rotatable bonds is 3. The fourth-order valence-electron chi connectivity index (χ4n) is 3.53. The van der Waals surface area contributed by atoms with E-state index in [0.717, 1.165) is 18.2 Å². The van der Waals surface area contributed by atoms with Crippen molar-refractivity contribution in [2.45, 2.75) is 26.1 Å². The Morgan fingerprint density at radius 1 is 1.16 bits per heavy atom. The molecule has 2 aromatic heterocycles. The molecule has 2 aromatic carbocycles. The third-order valence-electron chi connectivity index (χ3n) is 4.99. The Morgan fingerprint density at radius 2 is 1.87 bits per heavy atom. The van der Waals surface area contributed by atoms with E-state index in [4.69, 9.17) is 11.6 Å². The number of amides is 1. The quantitative estimate of drug-likeness (QED) is 0.488. The minimum absolute atomic E-state index is 0.0164. The van der Waals surface area contributed by atoms with Gasteiger partial charge < -0.3 is 5.32 Å². The predicted octanol–water partition coefficient (Wildman–Crippen LogP) is 4.83. The van der Waals surface area contributed by atoms with E-state index in [9.17, 15) is 22.8 Å². The van der Waals surface area contributed by atoms with E-state index in [1.54, 1.807) is 47.3 Å². The maximum absolute atomic E-state index is 13.0. The van der Waals surface area contributed by atoms with Crippen molar-refractivity contribution >= 4 is 39.7 Å². The number of halogens is 4. The van der Waals surface area contributed by atoms with Gasteiger partial charge in [-0.15, -0.1) is 0 Å². The minimum Gasteiger partial charge on any atom is -0.323 e. The lowest BCUT2D eigenvalue weighted by molar-refractivity contribution is -0.137. The number of hydrogen-bond donors (Lipinski definition) is 1. The molecule has 1 atom stereocenters. The molecule has 0 aliphatic heterocycles. The molecule has 0 bridgehead atoms. The lowest BCUT2D eigenvalue weighted by Crippen LogP contribution is -2.27. The number of benzene rings is 2. The van der Waals surface area contributed by atoms with Crippen LogP contribution < -0.4 is 10.9 Å². The van der Waals surface area contributed by atoms with Gasteiger partial charge in [-0.3, -0.25) is 14.3 Å². The van der Waals surface area contributed by atoms with Gasteiger partial charge in [0.1, 0.15) is 6.04 Å². The van der Waals surface area contributed by atoms with Crippen LogP contribution in [0.1, 0.15) is 24.2 Å². The summed E-state index contributed by atoms with van der Waals surface area (Å²) < 4.78 is 42.4. The van der Waals surface area contributed by atoms with Gasteiger partial charge in [0.2, 0.25) is 5.91 Å². The van der Waals surface area contributed by atoms with Crippen LogP contribution >= 0.6 is 11.6 Å². The average molecular weight is 449 g/mol. The maximum atomic E-state index is 13.0. The van der Waals surface area contributed by atoms with Gasteiger partial charge in [0.25, 0.3) is 5.56 Å².